The predicted octanol–water partition coefficient (Wildman–Crippen LogP) is 3.63. The molecule has 0 fully saturated rings. The van der Waals surface area contributed by atoms with Crippen LogP contribution in [0.4, 0.5) is 5.69 Å². The lowest BCUT2D eigenvalue weighted by Gasteiger charge is -2.08. The van der Waals surface area contributed by atoms with Crippen molar-refractivity contribution in [2.75, 3.05) is 5.32 Å². The number of nitrogens with zero attached hydrogens (tertiary/aromatic N) is 2. The van der Waals surface area contributed by atoms with Crippen molar-refractivity contribution >= 4 is 37.4 Å². The third kappa shape index (κ3) is 3.97. The average Bonchev–Trinajstić information content (AvgIpc) is 2.62. The molecular formula is C18H14BrN3O3S. The molecule has 2 aromatic carbocycles. The smallest absolute Gasteiger partial charge is 0.274 e. The Morgan fingerprint density at radius 3 is 2.12 bits per heavy atom. The van der Waals surface area contributed by atoms with E-state index in [1.54, 1.807) is 19.1 Å². The van der Waals surface area contributed by atoms with Crippen molar-refractivity contribution in [3.05, 3.63) is 76.8 Å². The second-order valence-corrected chi connectivity index (χ2v) is 8.29. The maximum Gasteiger partial charge on any atom is 0.274 e. The monoisotopic (exact) mass is 431 g/mol. The van der Waals surface area contributed by atoms with Gasteiger partial charge in [0, 0.05) is 16.4 Å². The van der Waals surface area contributed by atoms with Gasteiger partial charge in [0.1, 0.15) is 11.5 Å². The molecule has 8 heteroatoms. The summed E-state index contributed by atoms with van der Waals surface area (Å²) in [6, 6.07) is 13.9. The van der Waals surface area contributed by atoms with Crippen molar-refractivity contribution < 1.29 is 13.2 Å². The summed E-state index contributed by atoms with van der Waals surface area (Å²) in [5, 5.41) is 2.68. The van der Waals surface area contributed by atoms with Crippen molar-refractivity contribution in [2.24, 2.45) is 0 Å². The van der Waals surface area contributed by atoms with E-state index >= 15 is 0 Å². The number of benzene rings is 2. The fourth-order valence-electron chi connectivity index (χ4n) is 2.25. The van der Waals surface area contributed by atoms with E-state index in [1.807, 2.05) is 0 Å². The number of nitrogens with one attached hydrogen (secondary N) is 1. The molecule has 0 aliphatic rings. The Balaban J connectivity index is 1.80. The highest BCUT2D eigenvalue weighted by molar-refractivity contribution is 9.10. The highest BCUT2D eigenvalue weighted by Gasteiger charge is 2.17. The molecule has 0 saturated heterocycles. The van der Waals surface area contributed by atoms with Crippen LogP contribution in [0.2, 0.25) is 0 Å². The van der Waals surface area contributed by atoms with E-state index in [4.69, 9.17) is 0 Å². The van der Waals surface area contributed by atoms with Gasteiger partial charge < -0.3 is 5.32 Å². The SMILES string of the molecule is Cc1nccc(C(=O)Nc2ccc(S(=O)(=O)c3ccc(Br)cc3)cc2)n1. The van der Waals surface area contributed by atoms with Crippen LogP contribution in [0.15, 0.2) is 75.1 Å². The molecule has 0 aliphatic heterocycles. The summed E-state index contributed by atoms with van der Waals surface area (Å²) in [4.78, 5) is 20.5. The quantitative estimate of drug-likeness (QED) is 0.680. The van der Waals surface area contributed by atoms with E-state index in [0.29, 0.717) is 11.5 Å². The van der Waals surface area contributed by atoms with Gasteiger partial charge in [0.25, 0.3) is 5.91 Å². The molecule has 0 bridgehead atoms. The number of aryl methyl sites for hydroxylation is 1. The topological polar surface area (TPSA) is 89.0 Å². The van der Waals surface area contributed by atoms with Crippen LogP contribution in [0, 0.1) is 6.92 Å². The van der Waals surface area contributed by atoms with Crippen LogP contribution in [0.1, 0.15) is 16.3 Å². The maximum absolute atomic E-state index is 12.6. The lowest BCUT2D eigenvalue weighted by molar-refractivity contribution is 0.102. The number of carbonyl (C=O) groups is 1. The molecule has 0 radical (unpaired) electrons. The molecule has 0 atom stereocenters. The van der Waals surface area contributed by atoms with Crippen LogP contribution in [0.3, 0.4) is 0 Å². The van der Waals surface area contributed by atoms with E-state index in [0.717, 1.165) is 4.47 Å². The number of amides is 1. The zero-order valence-electron chi connectivity index (χ0n) is 13.7. The van der Waals surface area contributed by atoms with Crippen LogP contribution >= 0.6 is 15.9 Å². The van der Waals surface area contributed by atoms with Gasteiger partial charge in [-0.15, -0.1) is 0 Å². The highest BCUT2D eigenvalue weighted by atomic mass is 79.9. The van der Waals surface area contributed by atoms with Crippen LogP contribution < -0.4 is 5.32 Å². The fraction of sp³-hybridized carbons (Fsp3) is 0.0556. The first kappa shape index (κ1) is 18.2. The molecule has 0 aliphatic carbocycles. The van der Waals surface area contributed by atoms with E-state index in [9.17, 15) is 13.2 Å². The van der Waals surface area contributed by atoms with Crippen LogP contribution in [0.5, 0.6) is 0 Å². The zero-order chi connectivity index (χ0) is 18.7. The summed E-state index contributed by atoms with van der Waals surface area (Å²) in [5.74, 6) is 0.104. The number of hydrogen-bond donors (Lipinski definition) is 1. The Labute approximate surface area is 159 Å². The predicted molar refractivity (Wildman–Crippen MR) is 101 cm³/mol. The Kier molecular flexibility index (Phi) is 5.15. The zero-order valence-corrected chi connectivity index (χ0v) is 16.1. The van der Waals surface area contributed by atoms with Gasteiger partial charge in [0.2, 0.25) is 9.84 Å². The molecule has 1 aromatic heterocycles. The average molecular weight is 432 g/mol. The molecule has 132 valence electrons. The Hall–Kier alpha value is -2.58. The Bertz CT molecular complexity index is 1050. The van der Waals surface area contributed by atoms with Gasteiger partial charge in [-0.3, -0.25) is 4.79 Å². The number of anilines is 1. The third-order valence-corrected chi connectivity index (χ3v) is 5.87. The highest BCUT2D eigenvalue weighted by Crippen LogP contribution is 2.24. The van der Waals surface area contributed by atoms with E-state index in [-0.39, 0.29) is 21.4 Å². The van der Waals surface area contributed by atoms with Gasteiger partial charge in [-0.25, -0.2) is 18.4 Å². The molecule has 3 rings (SSSR count). The lowest BCUT2D eigenvalue weighted by atomic mass is 10.3. The maximum atomic E-state index is 12.6. The summed E-state index contributed by atoms with van der Waals surface area (Å²) in [5.41, 5.74) is 0.713. The Morgan fingerprint density at radius 2 is 1.54 bits per heavy atom. The normalized spacial score (nSPS) is 11.2. The van der Waals surface area contributed by atoms with Crippen LogP contribution in [-0.4, -0.2) is 24.3 Å². The minimum absolute atomic E-state index is 0.149. The molecule has 0 saturated carbocycles. The van der Waals surface area contributed by atoms with Gasteiger partial charge in [-0.05, 0) is 61.5 Å². The molecule has 0 spiro atoms. The van der Waals surface area contributed by atoms with Crippen LogP contribution in [-0.2, 0) is 9.84 Å². The summed E-state index contributed by atoms with van der Waals surface area (Å²) >= 11 is 3.28. The summed E-state index contributed by atoms with van der Waals surface area (Å²) < 4.78 is 26.0. The molecule has 3 aromatic rings. The first-order chi connectivity index (χ1) is 12.4. The van der Waals surface area contributed by atoms with Crippen molar-refractivity contribution in [2.45, 2.75) is 16.7 Å². The summed E-state index contributed by atoms with van der Waals surface area (Å²) in [7, 11) is -3.61. The first-order valence-electron chi connectivity index (χ1n) is 7.58. The first-order valence-corrected chi connectivity index (χ1v) is 9.85. The minimum Gasteiger partial charge on any atom is -0.321 e. The number of hydrogen-bond acceptors (Lipinski definition) is 5. The largest absolute Gasteiger partial charge is 0.321 e. The molecule has 1 N–H and O–H groups in total. The standard InChI is InChI=1S/C18H14BrN3O3S/c1-12-20-11-10-17(21-12)18(23)22-14-4-8-16(9-5-14)26(24,25)15-6-2-13(19)3-7-15/h2-11H,1H3,(H,22,23). The van der Waals surface area contributed by atoms with E-state index < -0.39 is 9.84 Å². The Morgan fingerprint density at radius 1 is 0.962 bits per heavy atom. The minimum atomic E-state index is -3.61. The van der Waals surface area contributed by atoms with Gasteiger partial charge in [-0.2, -0.15) is 0 Å². The second kappa shape index (κ2) is 7.35. The lowest BCUT2D eigenvalue weighted by Crippen LogP contribution is -2.14. The number of rotatable bonds is 4. The molecule has 1 amide bonds. The second-order valence-electron chi connectivity index (χ2n) is 5.42. The molecule has 26 heavy (non-hydrogen) atoms. The molecule has 0 unspecified atom stereocenters. The van der Waals surface area contributed by atoms with Gasteiger partial charge >= 0.3 is 0 Å². The third-order valence-electron chi connectivity index (χ3n) is 3.56. The van der Waals surface area contributed by atoms with Crippen molar-refractivity contribution in [1.29, 1.82) is 0 Å². The number of halogens is 1. The van der Waals surface area contributed by atoms with Gasteiger partial charge in [0.05, 0.1) is 9.79 Å². The van der Waals surface area contributed by atoms with Crippen molar-refractivity contribution in [3.63, 3.8) is 0 Å². The van der Waals surface area contributed by atoms with Gasteiger partial charge in [0.15, 0.2) is 0 Å². The van der Waals surface area contributed by atoms with Crippen molar-refractivity contribution in [1.82, 2.24) is 9.97 Å². The molecular weight excluding hydrogens is 418 g/mol. The number of aromatic nitrogens is 2. The van der Waals surface area contributed by atoms with Crippen LogP contribution in [0.25, 0.3) is 0 Å². The fourth-order valence-corrected chi connectivity index (χ4v) is 3.77. The summed E-state index contributed by atoms with van der Waals surface area (Å²) in [6.07, 6.45) is 1.51. The number of carbonyl (C=O) groups excluding carboxylic acids is 1. The van der Waals surface area contributed by atoms with E-state index in [2.05, 4.69) is 31.2 Å². The van der Waals surface area contributed by atoms with Crippen molar-refractivity contribution in [3.8, 4) is 0 Å². The number of sulfone groups is 1. The molecule has 6 nitrogen and oxygen atoms in total. The molecule has 1 heterocycles. The van der Waals surface area contributed by atoms with Gasteiger partial charge in [-0.1, -0.05) is 15.9 Å². The summed E-state index contributed by atoms with van der Waals surface area (Å²) in [6.45, 7) is 1.69. The van der Waals surface area contributed by atoms with E-state index in [1.165, 1.54) is 48.7 Å².